The van der Waals surface area contributed by atoms with Gasteiger partial charge in [-0.15, -0.1) is 0 Å². The van der Waals surface area contributed by atoms with Gasteiger partial charge in [0.2, 0.25) is 15.9 Å². The Morgan fingerprint density at radius 3 is 2.17 bits per heavy atom. The molecule has 9 nitrogen and oxygen atoms in total. The van der Waals surface area contributed by atoms with Gasteiger partial charge < -0.3 is 4.90 Å². The average molecular weight is 670 g/mol. The first-order valence-corrected chi connectivity index (χ1v) is 15.6. The number of benzene rings is 3. The van der Waals surface area contributed by atoms with E-state index >= 15 is 0 Å². The quantitative estimate of drug-likeness (QED) is 0.179. The lowest BCUT2D eigenvalue weighted by Gasteiger charge is -2.41. The molecule has 0 unspecified atom stereocenters. The summed E-state index contributed by atoms with van der Waals surface area (Å²) in [7, 11) is -3.76. The Balaban J connectivity index is 1.38. The van der Waals surface area contributed by atoms with Gasteiger partial charge in [0.05, 0.1) is 23.8 Å². The van der Waals surface area contributed by atoms with Crippen molar-refractivity contribution < 1.29 is 35.2 Å². The molecule has 1 aliphatic rings. The first-order valence-electron chi connectivity index (χ1n) is 14.1. The summed E-state index contributed by atoms with van der Waals surface area (Å²) >= 11 is 0. The number of carbonyl (C=O) groups excluding carboxylic acids is 1. The fourth-order valence-corrected chi connectivity index (χ4v) is 7.07. The highest BCUT2D eigenvalue weighted by Crippen LogP contribution is 2.35. The minimum Gasteiger partial charge on any atom is -0.305 e. The normalized spacial score (nSPS) is 15.1. The molecular formula is C32H24F5N5O4S. The van der Waals surface area contributed by atoms with E-state index in [-0.39, 0.29) is 25.2 Å². The molecule has 2 aromatic heterocycles. The average Bonchev–Trinajstić information content (AvgIpc) is 3.03. The largest absolute Gasteiger partial charge is 0.305 e. The summed E-state index contributed by atoms with van der Waals surface area (Å²) in [5.74, 6) is -9.15. The molecule has 0 aliphatic carbocycles. The molecule has 3 aromatic carbocycles. The van der Waals surface area contributed by atoms with Crippen LogP contribution in [0.1, 0.15) is 17.7 Å². The van der Waals surface area contributed by atoms with E-state index in [0.29, 0.717) is 31.9 Å². The molecule has 15 heteroatoms. The predicted molar refractivity (Wildman–Crippen MR) is 161 cm³/mol. The summed E-state index contributed by atoms with van der Waals surface area (Å²) in [6, 6.07) is 12.0. The van der Waals surface area contributed by atoms with E-state index in [0.717, 1.165) is 11.6 Å². The van der Waals surface area contributed by atoms with Crippen molar-refractivity contribution in [1.82, 2.24) is 19.1 Å². The van der Waals surface area contributed by atoms with E-state index in [1.165, 1.54) is 54.7 Å². The fraction of sp³-hybridized carbons (Fsp3) is 0.188. The van der Waals surface area contributed by atoms with Crippen LogP contribution in [0.25, 0.3) is 21.9 Å². The Labute approximate surface area is 264 Å². The van der Waals surface area contributed by atoms with Gasteiger partial charge in [0.15, 0.2) is 28.2 Å². The van der Waals surface area contributed by atoms with Gasteiger partial charge >= 0.3 is 0 Å². The van der Waals surface area contributed by atoms with E-state index in [1.54, 1.807) is 24.3 Å². The van der Waals surface area contributed by atoms with Gasteiger partial charge in [0.25, 0.3) is 5.56 Å². The SMILES string of the molecule is Cc1c(F)c(F)c(S(=O)(=O)N2CC[C@@H]2C(=O)N(Cc2ccc(-c3ccc(F)cc3)cn2)c2ccc3c(=O)n(C)ncc3c2)c(F)c1F. The lowest BCUT2D eigenvalue weighted by atomic mass is 10.0. The number of pyridine rings is 1. The van der Waals surface area contributed by atoms with E-state index in [9.17, 15) is 40.0 Å². The summed E-state index contributed by atoms with van der Waals surface area (Å²) in [4.78, 5) is 30.4. The van der Waals surface area contributed by atoms with Crippen LogP contribution in [0.2, 0.25) is 0 Å². The van der Waals surface area contributed by atoms with Crippen LogP contribution in [0.5, 0.6) is 0 Å². The number of fused-ring (bicyclic) bond motifs is 1. The standard InChI is InChI=1S/C32H24F5N5O4S/c1-17-26(34)28(36)30(29(37)27(17)35)47(45,46)42-12-11-25(42)32(44)41(23-9-10-24-20(13-23)15-39-40(2)31(24)43)16-22-8-5-19(14-38-22)18-3-6-21(33)7-4-18/h3-10,13-15,25H,11-12,16H2,1-2H3/t25-/m1/s1. The maximum absolute atomic E-state index is 14.8. The zero-order valence-corrected chi connectivity index (χ0v) is 25.5. The molecule has 0 saturated carbocycles. The number of nitrogens with zero attached hydrogens (tertiary/aromatic N) is 5. The van der Waals surface area contributed by atoms with E-state index in [2.05, 4.69) is 10.1 Å². The van der Waals surface area contributed by atoms with Crippen molar-refractivity contribution in [3.8, 4) is 11.1 Å². The van der Waals surface area contributed by atoms with Crippen molar-refractivity contribution in [2.45, 2.75) is 30.8 Å². The van der Waals surface area contributed by atoms with Crippen molar-refractivity contribution in [3.63, 3.8) is 0 Å². The number of hydrogen-bond acceptors (Lipinski definition) is 6. The second-order valence-corrected chi connectivity index (χ2v) is 12.8. The summed E-state index contributed by atoms with van der Waals surface area (Å²) in [5.41, 5.74) is 0.469. The van der Waals surface area contributed by atoms with Crippen molar-refractivity contribution >= 4 is 32.4 Å². The molecule has 47 heavy (non-hydrogen) atoms. The van der Waals surface area contributed by atoms with Crippen molar-refractivity contribution in [3.05, 3.63) is 118 Å². The van der Waals surface area contributed by atoms with Crippen LogP contribution >= 0.6 is 0 Å². The van der Waals surface area contributed by atoms with Gasteiger partial charge in [-0.1, -0.05) is 18.2 Å². The van der Waals surface area contributed by atoms with Crippen molar-refractivity contribution in [2.75, 3.05) is 11.4 Å². The molecule has 6 rings (SSSR count). The Morgan fingerprint density at radius 2 is 1.57 bits per heavy atom. The maximum Gasteiger partial charge on any atom is 0.274 e. The maximum atomic E-state index is 14.8. The number of aromatic nitrogens is 3. The number of amides is 1. The number of hydrogen-bond donors (Lipinski definition) is 0. The van der Waals surface area contributed by atoms with Crippen LogP contribution in [0, 0.1) is 36.0 Å². The summed E-state index contributed by atoms with van der Waals surface area (Å²) in [6.07, 6.45) is 2.84. The minimum absolute atomic E-state index is 0.0682. The Kier molecular flexibility index (Phi) is 8.13. The molecule has 0 spiro atoms. The molecule has 1 atom stereocenters. The fourth-order valence-electron chi connectivity index (χ4n) is 5.33. The third-order valence-corrected chi connectivity index (χ3v) is 10.0. The lowest BCUT2D eigenvalue weighted by Crippen LogP contribution is -2.59. The predicted octanol–water partition coefficient (Wildman–Crippen LogP) is 5.00. The summed E-state index contributed by atoms with van der Waals surface area (Å²) in [5, 5.41) is 4.67. The van der Waals surface area contributed by atoms with Gasteiger partial charge in [-0.2, -0.15) is 9.40 Å². The molecule has 0 bridgehead atoms. The highest BCUT2D eigenvalue weighted by molar-refractivity contribution is 7.89. The van der Waals surface area contributed by atoms with Gasteiger partial charge in [-0.25, -0.2) is 35.1 Å². The van der Waals surface area contributed by atoms with Crippen LogP contribution in [-0.4, -0.2) is 46.0 Å². The highest BCUT2D eigenvalue weighted by atomic mass is 32.2. The second-order valence-electron chi connectivity index (χ2n) is 10.9. The molecule has 1 fully saturated rings. The topological polar surface area (TPSA) is 105 Å². The molecule has 1 amide bonds. The number of halogens is 5. The number of anilines is 1. The van der Waals surface area contributed by atoms with E-state index in [1.807, 2.05) is 0 Å². The number of sulfonamides is 1. The first-order chi connectivity index (χ1) is 22.3. The first kappa shape index (κ1) is 31.9. The molecule has 1 aliphatic heterocycles. The van der Waals surface area contributed by atoms with Crippen molar-refractivity contribution in [1.29, 1.82) is 0 Å². The number of carbonyl (C=O) groups is 1. The zero-order valence-electron chi connectivity index (χ0n) is 24.7. The Hall–Kier alpha value is -5.02. The van der Waals surface area contributed by atoms with Gasteiger partial charge in [-0.3, -0.25) is 14.6 Å². The molecule has 242 valence electrons. The summed E-state index contributed by atoms with van der Waals surface area (Å²) < 4.78 is 100. The van der Waals surface area contributed by atoms with Crippen LogP contribution < -0.4 is 10.5 Å². The number of rotatable bonds is 7. The minimum atomic E-state index is -5.23. The van der Waals surface area contributed by atoms with Gasteiger partial charge in [0, 0.05) is 42.0 Å². The third kappa shape index (κ3) is 5.54. The highest BCUT2D eigenvalue weighted by Gasteiger charge is 2.47. The zero-order chi connectivity index (χ0) is 33.8. The molecule has 5 aromatic rings. The van der Waals surface area contributed by atoms with Crippen molar-refractivity contribution in [2.24, 2.45) is 7.05 Å². The molecule has 0 radical (unpaired) electrons. The summed E-state index contributed by atoms with van der Waals surface area (Å²) in [6.45, 7) is 0.189. The molecule has 1 saturated heterocycles. The smallest absolute Gasteiger partial charge is 0.274 e. The third-order valence-electron chi connectivity index (χ3n) is 8.09. The Morgan fingerprint density at radius 1 is 0.915 bits per heavy atom. The van der Waals surface area contributed by atoms with Gasteiger partial charge in [0.1, 0.15) is 11.9 Å². The molecule has 3 heterocycles. The lowest BCUT2D eigenvalue weighted by molar-refractivity contribution is -0.125. The van der Waals surface area contributed by atoms with Gasteiger partial charge in [-0.05, 0) is 55.3 Å². The molecular weight excluding hydrogens is 645 g/mol. The van der Waals surface area contributed by atoms with Crippen LogP contribution in [-0.2, 0) is 28.4 Å². The second kappa shape index (κ2) is 12.0. The van der Waals surface area contributed by atoms with E-state index in [4.69, 9.17) is 0 Å². The van der Waals surface area contributed by atoms with Crippen LogP contribution in [0.4, 0.5) is 27.6 Å². The Bertz CT molecular complexity index is 2200. The molecule has 0 N–H and O–H groups in total. The van der Waals surface area contributed by atoms with E-state index < -0.39 is 67.1 Å². The monoisotopic (exact) mass is 669 g/mol. The van der Waals surface area contributed by atoms with Crippen LogP contribution in [0.15, 0.2) is 76.7 Å². The van der Waals surface area contributed by atoms with Crippen LogP contribution in [0.3, 0.4) is 0 Å². The number of aryl methyl sites for hydroxylation is 1.